The lowest BCUT2D eigenvalue weighted by Crippen LogP contribution is -2.33. The van der Waals surface area contributed by atoms with Crippen LogP contribution in [-0.4, -0.2) is 35.1 Å². The molecule has 2 N–H and O–H groups in total. The molecule has 108 valence electrons. The van der Waals surface area contributed by atoms with Crippen LogP contribution in [0.3, 0.4) is 0 Å². The van der Waals surface area contributed by atoms with Gasteiger partial charge in [-0.25, -0.2) is 9.59 Å². The van der Waals surface area contributed by atoms with Gasteiger partial charge in [0.05, 0.1) is 11.3 Å². The third-order valence-electron chi connectivity index (χ3n) is 3.89. The standard InChI is InChI=1S/C15H20N2O3/c1-3-11-7-8-17(9-11)15(20)16-13-10(2)5-4-6-12(13)14(18)19/h4-6,11H,3,7-9H2,1-2H3,(H,16,20)(H,18,19). The molecule has 0 radical (unpaired) electrons. The SMILES string of the molecule is CCC1CCN(C(=O)Nc2c(C)cccc2C(=O)O)C1. The molecule has 1 aromatic carbocycles. The second-order valence-corrected chi connectivity index (χ2v) is 5.24. The summed E-state index contributed by atoms with van der Waals surface area (Å²) < 4.78 is 0. The maximum Gasteiger partial charge on any atom is 0.337 e. The van der Waals surface area contributed by atoms with Crippen LogP contribution in [0.15, 0.2) is 18.2 Å². The normalized spacial score (nSPS) is 18.1. The van der Waals surface area contributed by atoms with Crippen LogP contribution < -0.4 is 5.32 Å². The number of carboxylic acid groups (broad SMARTS) is 1. The third kappa shape index (κ3) is 2.92. The first-order valence-electron chi connectivity index (χ1n) is 6.91. The monoisotopic (exact) mass is 276 g/mol. The van der Waals surface area contributed by atoms with Crippen LogP contribution >= 0.6 is 0 Å². The van der Waals surface area contributed by atoms with E-state index < -0.39 is 5.97 Å². The van der Waals surface area contributed by atoms with Gasteiger partial charge in [0.15, 0.2) is 0 Å². The summed E-state index contributed by atoms with van der Waals surface area (Å²) in [4.78, 5) is 25.2. The van der Waals surface area contributed by atoms with E-state index in [1.165, 1.54) is 6.07 Å². The number of para-hydroxylation sites is 1. The number of nitrogens with zero attached hydrogens (tertiary/aromatic N) is 1. The van der Waals surface area contributed by atoms with Crippen molar-refractivity contribution in [1.82, 2.24) is 4.90 Å². The fraction of sp³-hybridized carbons (Fsp3) is 0.467. The zero-order valence-electron chi connectivity index (χ0n) is 11.8. The molecule has 1 heterocycles. The quantitative estimate of drug-likeness (QED) is 0.891. The zero-order chi connectivity index (χ0) is 14.7. The van der Waals surface area contributed by atoms with E-state index in [1.54, 1.807) is 24.0 Å². The topological polar surface area (TPSA) is 69.6 Å². The lowest BCUT2D eigenvalue weighted by molar-refractivity contribution is 0.0698. The first-order valence-corrected chi connectivity index (χ1v) is 6.91. The smallest absolute Gasteiger partial charge is 0.337 e. The molecule has 1 atom stereocenters. The van der Waals surface area contributed by atoms with Crippen LogP contribution in [0.1, 0.15) is 35.7 Å². The largest absolute Gasteiger partial charge is 0.478 e. The molecule has 2 rings (SSSR count). The number of anilines is 1. The molecule has 0 saturated carbocycles. The second kappa shape index (κ2) is 5.94. The van der Waals surface area contributed by atoms with Crippen molar-refractivity contribution in [1.29, 1.82) is 0 Å². The fourth-order valence-corrected chi connectivity index (χ4v) is 2.55. The van der Waals surface area contributed by atoms with Gasteiger partial charge in [-0.3, -0.25) is 0 Å². The molecular weight excluding hydrogens is 256 g/mol. The number of likely N-dealkylation sites (tertiary alicyclic amines) is 1. The van der Waals surface area contributed by atoms with E-state index in [0.29, 0.717) is 11.6 Å². The maximum absolute atomic E-state index is 12.2. The maximum atomic E-state index is 12.2. The molecule has 1 fully saturated rings. The lowest BCUT2D eigenvalue weighted by atomic mass is 10.1. The molecule has 0 spiro atoms. The van der Waals surface area contributed by atoms with Gasteiger partial charge in [-0.05, 0) is 30.9 Å². The van der Waals surface area contributed by atoms with E-state index >= 15 is 0 Å². The van der Waals surface area contributed by atoms with Gasteiger partial charge in [-0.15, -0.1) is 0 Å². The van der Waals surface area contributed by atoms with Gasteiger partial charge in [0.2, 0.25) is 0 Å². The third-order valence-corrected chi connectivity index (χ3v) is 3.89. The number of carbonyl (C=O) groups excluding carboxylic acids is 1. The highest BCUT2D eigenvalue weighted by Gasteiger charge is 2.26. The summed E-state index contributed by atoms with van der Waals surface area (Å²) in [6.07, 6.45) is 2.08. The molecule has 20 heavy (non-hydrogen) atoms. The fourth-order valence-electron chi connectivity index (χ4n) is 2.55. The van der Waals surface area contributed by atoms with E-state index in [0.717, 1.165) is 31.5 Å². The highest BCUT2D eigenvalue weighted by Crippen LogP contribution is 2.23. The minimum atomic E-state index is -1.03. The van der Waals surface area contributed by atoms with Gasteiger partial charge in [0.25, 0.3) is 0 Å². The average Bonchev–Trinajstić information content (AvgIpc) is 2.89. The summed E-state index contributed by atoms with van der Waals surface area (Å²) in [5.41, 5.74) is 1.28. The van der Waals surface area contributed by atoms with Crippen LogP contribution in [0.2, 0.25) is 0 Å². The number of carboxylic acids is 1. The van der Waals surface area contributed by atoms with Gasteiger partial charge in [0.1, 0.15) is 0 Å². The van der Waals surface area contributed by atoms with Crippen LogP contribution in [0.4, 0.5) is 10.5 Å². The molecular formula is C15H20N2O3. The average molecular weight is 276 g/mol. The van der Waals surface area contributed by atoms with E-state index in [1.807, 2.05) is 0 Å². The Labute approximate surface area is 118 Å². The van der Waals surface area contributed by atoms with Crippen molar-refractivity contribution in [2.75, 3.05) is 18.4 Å². The van der Waals surface area contributed by atoms with Gasteiger partial charge < -0.3 is 15.3 Å². The number of benzene rings is 1. The summed E-state index contributed by atoms with van der Waals surface area (Å²) >= 11 is 0. The molecule has 0 bridgehead atoms. The number of hydrogen-bond donors (Lipinski definition) is 2. The Hall–Kier alpha value is -2.04. The summed E-state index contributed by atoms with van der Waals surface area (Å²) in [5, 5.41) is 11.9. The van der Waals surface area contributed by atoms with Crippen molar-refractivity contribution < 1.29 is 14.7 Å². The number of aromatic carboxylic acids is 1. The van der Waals surface area contributed by atoms with E-state index in [2.05, 4.69) is 12.2 Å². The van der Waals surface area contributed by atoms with Gasteiger partial charge in [-0.1, -0.05) is 25.5 Å². The summed E-state index contributed by atoms with van der Waals surface area (Å²) in [6.45, 7) is 5.39. The van der Waals surface area contributed by atoms with Crippen LogP contribution in [-0.2, 0) is 0 Å². The molecule has 5 nitrogen and oxygen atoms in total. The van der Waals surface area contributed by atoms with Gasteiger partial charge in [0, 0.05) is 13.1 Å². The highest BCUT2D eigenvalue weighted by atomic mass is 16.4. The molecule has 2 amide bonds. The van der Waals surface area contributed by atoms with E-state index in [-0.39, 0.29) is 11.6 Å². The Morgan fingerprint density at radius 3 is 2.80 bits per heavy atom. The highest BCUT2D eigenvalue weighted by molar-refractivity contribution is 6.01. The number of aryl methyl sites for hydroxylation is 1. The van der Waals surface area contributed by atoms with Gasteiger partial charge in [-0.2, -0.15) is 0 Å². The Morgan fingerprint density at radius 2 is 2.20 bits per heavy atom. The number of amides is 2. The Morgan fingerprint density at radius 1 is 1.45 bits per heavy atom. The van der Waals surface area contributed by atoms with E-state index in [4.69, 9.17) is 0 Å². The minimum absolute atomic E-state index is 0.129. The van der Waals surface area contributed by atoms with Crippen molar-refractivity contribution in [2.24, 2.45) is 5.92 Å². The second-order valence-electron chi connectivity index (χ2n) is 5.24. The molecule has 1 saturated heterocycles. The van der Waals surface area contributed by atoms with Crippen molar-refractivity contribution in [3.05, 3.63) is 29.3 Å². The molecule has 1 aromatic rings. The lowest BCUT2D eigenvalue weighted by Gasteiger charge is -2.19. The number of urea groups is 1. The molecule has 1 aliphatic heterocycles. The van der Waals surface area contributed by atoms with Crippen molar-refractivity contribution in [3.8, 4) is 0 Å². The van der Waals surface area contributed by atoms with Crippen molar-refractivity contribution >= 4 is 17.7 Å². The Kier molecular flexibility index (Phi) is 4.27. The number of carbonyl (C=O) groups is 2. The number of rotatable bonds is 3. The molecule has 5 heteroatoms. The van der Waals surface area contributed by atoms with Crippen LogP contribution in [0.5, 0.6) is 0 Å². The first kappa shape index (κ1) is 14.4. The van der Waals surface area contributed by atoms with Crippen molar-refractivity contribution in [3.63, 3.8) is 0 Å². The van der Waals surface area contributed by atoms with Crippen LogP contribution in [0.25, 0.3) is 0 Å². The van der Waals surface area contributed by atoms with Crippen molar-refractivity contribution in [2.45, 2.75) is 26.7 Å². The molecule has 0 aliphatic carbocycles. The Balaban J connectivity index is 2.14. The first-order chi connectivity index (χ1) is 9.52. The van der Waals surface area contributed by atoms with Gasteiger partial charge >= 0.3 is 12.0 Å². The summed E-state index contributed by atoms with van der Waals surface area (Å²) in [5.74, 6) is -0.478. The van der Waals surface area contributed by atoms with Crippen LogP contribution in [0, 0.1) is 12.8 Å². The predicted molar refractivity (Wildman–Crippen MR) is 77.1 cm³/mol. The summed E-state index contributed by atoms with van der Waals surface area (Å²) in [7, 11) is 0. The predicted octanol–water partition coefficient (Wildman–Crippen LogP) is 2.96. The number of nitrogens with one attached hydrogen (secondary N) is 1. The summed E-state index contributed by atoms with van der Waals surface area (Å²) in [6, 6.07) is 4.76. The molecule has 1 aliphatic rings. The Bertz CT molecular complexity index is 528. The number of hydrogen-bond acceptors (Lipinski definition) is 2. The van der Waals surface area contributed by atoms with E-state index in [9.17, 15) is 14.7 Å². The molecule has 0 aromatic heterocycles. The minimum Gasteiger partial charge on any atom is -0.478 e. The molecule has 1 unspecified atom stereocenters. The zero-order valence-corrected chi connectivity index (χ0v) is 11.8.